The van der Waals surface area contributed by atoms with Gasteiger partial charge in [0.1, 0.15) is 6.61 Å². The fourth-order valence-electron chi connectivity index (χ4n) is 2.14. The summed E-state index contributed by atoms with van der Waals surface area (Å²) in [6, 6.07) is 5.64. The highest BCUT2D eigenvalue weighted by molar-refractivity contribution is 5.98. The predicted molar refractivity (Wildman–Crippen MR) is 75.9 cm³/mol. The van der Waals surface area contributed by atoms with Crippen molar-refractivity contribution in [2.24, 2.45) is 0 Å². The first kappa shape index (κ1) is 13.7. The molecule has 1 aromatic carbocycles. The SMILES string of the molecule is CNCCCN(C)C(=O)c1cccc2c1OCCN2. The van der Waals surface area contributed by atoms with Crippen LogP contribution in [-0.2, 0) is 0 Å². The Balaban J connectivity index is 2.10. The van der Waals surface area contributed by atoms with E-state index in [0.717, 1.165) is 31.7 Å². The van der Waals surface area contributed by atoms with Gasteiger partial charge in [0.25, 0.3) is 5.91 Å². The summed E-state index contributed by atoms with van der Waals surface area (Å²) in [5.41, 5.74) is 1.54. The highest BCUT2D eigenvalue weighted by Crippen LogP contribution is 2.31. The summed E-state index contributed by atoms with van der Waals surface area (Å²) < 4.78 is 5.63. The lowest BCUT2D eigenvalue weighted by atomic mass is 10.1. The second kappa shape index (κ2) is 6.43. The number of nitrogens with zero attached hydrogens (tertiary/aromatic N) is 1. The zero-order chi connectivity index (χ0) is 13.7. The van der Waals surface area contributed by atoms with E-state index in [9.17, 15) is 4.79 Å². The van der Waals surface area contributed by atoms with Crippen LogP contribution in [0.4, 0.5) is 5.69 Å². The first-order valence-corrected chi connectivity index (χ1v) is 6.64. The van der Waals surface area contributed by atoms with E-state index in [-0.39, 0.29) is 5.91 Å². The molecule has 1 aliphatic rings. The molecule has 0 radical (unpaired) electrons. The van der Waals surface area contributed by atoms with Gasteiger partial charge in [-0.25, -0.2) is 0 Å². The number of rotatable bonds is 5. The van der Waals surface area contributed by atoms with Crippen LogP contribution in [-0.4, -0.2) is 51.1 Å². The fourth-order valence-corrected chi connectivity index (χ4v) is 2.14. The van der Waals surface area contributed by atoms with Crippen molar-refractivity contribution in [2.75, 3.05) is 45.7 Å². The number of nitrogens with one attached hydrogen (secondary N) is 2. The van der Waals surface area contributed by atoms with Crippen LogP contribution >= 0.6 is 0 Å². The van der Waals surface area contributed by atoms with Crippen molar-refractivity contribution in [3.05, 3.63) is 23.8 Å². The molecule has 0 aliphatic carbocycles. The molecule has 0 bridgehead atoms. The summed E-state index contributed by atoms with van der Waals surface area (Å²) in [7, 11) is 3.74. The van der Waals surface area contributed by atoms with Crippen LogP contribution < -0.4 is 15.4 Å². The Labute approximate surface area is 113 Å². The quantitative estimate of drug-likeness (QED) is 0.783. The smallest absolute Gasteiger partial charge is 0.257 e. The van der Waals surface area contributed by atoms with Crippen LogP contribution in [0.3, 0.4) is 0 Å². The molecule has 104 valence electrons. The van der Waals surface area contributed by atoms with Crippen molar-refractivity contribution in [2.45, 2.75) is 6.42 Å². The first-order valence-electron chi connectivity index (χ1n) is 6.64. The van der Waals surface area contributed by atoms with E-state index in [1.807, 2.05) is 32.3 Å². The lowest BCUT2D eigenvalue weighted by Crippen LogP contribution is -2.30. The van der Waals surface area contributed by atoms with Crippen LogP contribution in [0.1, 0.15) is 16.8 Å². The van der Waals surface area contributed by atoms with Crippen molar-refractivity contribution in [1.82, 2.24) is 10.2 Å². The number of anilines is 1. The van der Waals surface area contributed by atoms with Crippen molar-refractivity contribution in [3.63, 3.8) is 0 Å². The monoisotopic (exact) mass is 263 g/mol. The molecule has 2 N–H and O–H groups in total. The number of hydrogen-bond acceptors (Lipinski definition) is 4. The standard InChI is InChI=1S/C14H21N3O2/c1-15-7-4-9-17(2)14(18)11-5-3-6-12-13(11)19-10-8-16-12/h3,5-6,15-16H,4,7-10H2,1-2H3. The van der Waals surface area contributed by atoms with Gasteiger partial charge in [-0.15, -0.1) is 0 Å². The molecule has 0 atom stereocenters. The highest BCUT2D eigenvalue weighted by atomic mass is 16.5. The molecule has 5 heteroatoms. The van der Waals surface area contributed by atoms with Crippen LogP contribution in [0, 0.1) is 0 Å². The Morgan fingerprint density at radius 2 is 2.37 bits per heavy atom. The van der Waals surface area contributed by atoms with Crippen molar-refractivity contribution in [3.8, 4) is 5.75 Å². The number of carbonyl (C=O) groups excluding carboxylic acids is 1. The van der Waals surface area contributed by atoms with Crippen LogP contribution in [0.5, 0.6) is 5.75 Å². The van der Waals surface area contributed by atoms with Crippen molar-refractivity contribution >= 4 is 11.6 Å². The van der Waals surface area contributed by atoms with E-state index in [0.29, 0.717) is 17.9 Å². The number of benzene rings is 1. The number of fused-ring (bicyclic) bond motifs is 1. The Bertz CT molecular complexity index is 448. The number of ether oxygens (including phenoxy) is 1. The lowest BCUT2D eigenvalue weighted by molar-refractivity contribution is 0.0789. The third-order valence-corrected chi connectivity index (χ3v) is 3.18. The van der Waals surface area contributed by atoms with Gasteiger partial charge in [-0.1, -0.05) is 6.07 Å². The molecule has 1 aliphatic heterocycles. The van der Waals surface area contributed by atoms with E-state index in [1.54, 1.807) is 4.90 Å². The number of para-hydroxylation sites is 1. The fraction of sp³-hybridized carbons (Fsp3) is 0.500. The minimum absolute atomic E-state index is 0.0108. The number of amides is 1. The molecule has 0 unspecified atom stereocenters. The Morgan fingerprint density at radius 1 is 1.53 bits per heavy atom. The average molecular weight is 263 g/mol. The molecule has 5 nitrogen and oxygen atoms in total. The molecule has 0 spiro atoms. The summed E-state index contributed by atoms with van der Waals surface area (Å²) >= 11 is 0. The Morgan fingerprint density at radius 3 is 3.16 bits per heavy atom. The maximum absolute atomic E-state index is 12.4. The topological polar surface area (TPSA) is 53.6 Å². The van der Waals surface area contributed by atoms with Gasteiger partial charge in [-0.3, -0.25) is 4.79 Å². The van der Waals surface area contributed by atoms with E-state index in [1.165, 1.54) is 0 Å². The van der Waals surface area contributed by atoms with E-state index >= 15 is 0 Å². The molecule has 0 saturated heterocycles. The molecule has 1 aromatic rings. The van der Waals surface area contributed by atoms with Crippen LogP contribution in [0.15, 0.2) is 18.2 Å². The van der Waals surface area contributed by atoms with Gasteiger partial charge in [0.05, 0.1) is 11.3 Å². The van der Waals surface area contributed by atoms with Gasteiger partial charge in [0.2, 0.25) is 0 Å². The second-order valence-electron chi connectivity index (χ2n) is 4.64. The largest absolute Gasteiger partial charge is 0.489 e. The van der Waals surface area contributed by atoms with Gasteiger partial charge in [0, 0.05) is 20.1 Å². The molecule has 1 amide bonds. The maximum Gasteiger partial charge on any atom is 0.257 e. The summed E-state index contributed by atoms with van der Waals surface area (Å²) in [5, 5.41) is 6.32. The molecule has 0 saturated carbocycles. The molecule has 19 heavy (non-hydrogen) atoms. The minimum Gasteiger partial charge on any atom is -0.489 e. The second-order valence-corrected chi connectivity index (χ2v) is 4.64. The van der Waals surface area contributed by atoms with Gasteiger partial charge in [0.15, 0.2) is 5.75 Å². The summed E-state index contributed by atoms with van der Waals surface area (Å²) in [6.45, 7) is 3.02. The predicted octanol–water partition coefficient (Wildman–Crippen LogP) is 1.17. The zero-order valence-corrected chi connectivity index (χ0v) is 11.5. The average Bonchev–Trinajstić information content (AvgIpc) is 2.46. The van der Waals surface area contributed by atoms with Gasteiger partial charge in [-0.2, -0.15) is 0 Å². The van der Waals surface area contributed by atoms with Gasteiger partial charge in [-0.05, 0) is 32.1 Å². The van der Waals surface area contributed by atoms with Crippen LogP contribution in [0.25, 0.3) is 0 Å². The molecular weight excluding hydrogens is 242 g/mol. The lowest BCUT2D eigenvalue weighted by Gasteiger charge is -2.24. The zero-order valence-electron chi connectivity index (χ0n) is 11.5. The van der Waals surface area contributed by atoms with Gasteiger partial charge < -0.3 is 20.3 Å². The third kappa shape index (κ3) is 3.17. The summed E-state index contributed by atoms with van der Waals surface area (Å²) in [6.07, 6.45) is 0.937. The highest BCUT2D eigenvalue weighted by Gasteiger charge is 2.21. The summed E-state index contributed by atoms with van der Waals surface area (Å²) in [4.78, 5) is 14.1. The van der Waals surface area contributed by atoms with Crippen LogP contribution in [0.2, 0.25) is 0 Å². The number of hydrogen-bond donors (Lipinski definition) is 2. The van der Waals surface area contributed by atoms with Crippen molar-refractivity contribution in [1.29, 1.82) is 0 Å². The third-order valence-electron chi connectivity index (χ3n) is 3.18. The molecule has 0 aromatic heterocycles. The normalized spacial score (nSPS) is 13.2. The molecule has 0 fully saturated rings. The first-order chi connectivity index (χ1) is 9.24. The summed E-state index contributed by atoms with van der Waals surface area (Å²) in [5.74, 6) is 0.691. The van der Waals surface area contributed by atoms with E-state index in [2.05, 4.69) is 10.6 Å². The molecule has 1 heterocycles. The molecule has 2 rings (SSSR count). The van der Waals surface area contributed by atoms with Gasteiger partial charge >= 0.3 is 0 Å². The van der Waals surface area contributed by atoms with E-state index < -0.39 is 0 Å². The number of carbonyl (C=O) groups is 1. The Kier molecular flexibility index (Phi) is 4.63. The Hall–Kier alpha value is -1.75. The maximum atomic E-state index is 12.4. The molecular formula is C14H21N3O2. The minimum atomic E-state index is 0.0108. The van der Waals surface area contributed by atoms with Crippen molar-refractivity contribution < 1.29 is 9.53 Å². The van der Waals surface area contributed by atoms with E-state index in [4.69, 9.17) is 4.74 Å².